The summed E-state index contributed by atoms with van der Waals surface area (Å²) in [6.07, 6.45) is -9.65. The summed E-state index contributed by atoms with van der Waals surface area (Å²) in [6.45, 7) is 11.8. The van der Waals surface area contributed by atoms with Gasteiger partial charge >= 0.3 is 29.8 Å². The molecule has 5 rings (SSSR count). The topological polar surface area (TPSA) is 173 Å². The van der Waals surface area contributed by atoms with E-state index in [0.29, 0.717) is 0 Å². The summed E-state index contributed by atoms with van der Waals surface area (Å²) in [5, 5.41) is 10.9. The summed E-state index contributed by atoms with van der Waals surface area (Å²) >= 11 is 6.84. The smallest absolute Gasteiger partial charge is 0.312 e. The van der Waals surface area contributed by atoms with E-state index >= 15 is 0 Å². The Kier molecular flexibility index (Phi) is 7.44. The molecular formula is C28H35ClO13. The first-order chi connectivity index (χ1) is 19.5. The molecular weight excluding hydrogens is 580 g/mol. The SMILES string of the molecule is C=C1C(Cl)C2OC(=O)C(C)C23OC1C(O)C(OC(C)=O)C1(C)C(OC(C)=O)C(OC(C)=O)CC2(CO2)C1C3OC(C)=O. The molecule has 4 heterocycles. The number of fused-ring (bicyclic) bond motifs is 3. The predicted octanol–water partition coefficient (Wildman–Crippen LogP) is 0.746. The average molecular weight is 615 g/mol. The lowest BCUT2D eigenvalue weighted by molar-refractivity contribution is -0.315. The van der Waals surface area contributed by atoms with Gasteiger partial charge in [-0.05, 0) is 12.5 Å². The number of halogens is 1. The number of hydrogen-bond donors (Lipinski definition) is 1. The van der Waals surface area contributed by atoms with E-state index in [0.717, 1.165) is 13.8 Å². The van der Waals surface area contributed by atoms with Crippen LogP contribution in [0.2, 0.25) is 0 Å². The molecule has 0 radical (unpaired) electrons. The van der Waals surface area contributed by atoms with Crippen molar-refractivity contribution in [3.8, 4) is 0 Å². The van der Waals surface area contributed by atoms with Gasteiger partial charge in [0.05, 0.1) is 23.3 Å². The van der Waals surface area contributed by atoms with E-state index < -0.39 is 106 Å². The van der Waals surface area contributed by atoms with Crippen LogP contribution in [0, 0.1) is 17.3 Å². The number of alkyl halides is 1. The number of ether oxygens (including phenoxy) is 7. The first kappa shape index (κ1) is 30.7. The maximum absolute atomic E-state index is 13.2. The molecule has 2 bridgehead atoms. The van der Waals surface area contributed by atoms with Crippen LogP contribution in [-0.2, 0) is 57.1 Å². The van der Waals surface area contributed by atoms with E-state index in [1.165, 1.54) is 20.8 Å². The maximum Gasteiger partial charge on any atom is 0.312 e. The molecule has 0 aromatic carbocycles. The number of hydrogen-bond acceptors (Lipinski definition) is 13. The van der Waals surface area contributed by atoms with Crippen LogP contribution < -0.4 is 0 Å². The lowest BCUT2D eigenvalue weighted by Crippen LogP contribution is -2.78. The highest BCUT2D eigenvalue weighted by Crippen LogP contribution is 2.65. The van der Waals surface area contributed by atoms with E-state index in [-0.39, 0.29) is 18.6 Å². The number of epoxide rings is 1. The highest BCUT2D eigenvalue weighted by molar-refractivity contribution is 6.23. The molecule has 1 saturated carbocycles. The molecule has 0 aromatic heterocycles. The molecule has 13 atom stereocenters. The van der Waals surface area contributed by atoms with Crippen LogP contribution in [0.15, 0.2) is 12.2 Å². The minimum atomic E-state index is -1.77. The Labute approximate surface area is 247 Å². The number of aliphatic hydroxyl groups excluding tert-OH is 1. The zero-order chi connectivity index (χ0) is 31.1. The fourth-order valence-corrected chi connectivity index (χ4v) is 8.24. The van der Waals surface area contributed by atoms with Gasteiger partial charge in [0.15, 0.2) is 11.7 Å². The molecule has 1 N–H and O–H groups in total. The Hall–Kier alpha value is -2.74. The van der Waals surface area contributed by atoms with Crippen molar-refractivity contribution in [1.29, 1.82) is 0 Å². The highest BCUT2D eigenvalue weighted by Gasteiger charge is 2.81. The Morgan fingerprint density at radius 1 is 0.952 bits per heavy atom. The Morgan fingerprint density at radius 2 is 1.48 bits per heavy atom. The van der Waals surface area contributed by atoms with Crippen LogP contribution in [0.5, 0.6) is 0 Å². The van der Waals surface area contributed by atoms with Crippen LogP contribution in [0.25, 0.3) is 0 Å². The quantitative estimate of drug-likeness (QED) is 0.155. The average Bonchev–Trinajstić information content (AvgIpc) is 3.58. The molecule has 0 aromatic rings. The highest BCUT2D eigenvalue weighted by atomic mass is 35.5. The second kappa shape index (κ2) is 10.2. The van der Waals surface area contributed by atoms with E-state index in [1.807, 2.05) is 0 Å². The van der Waals surface area contributed by atoms with Gasteiger partial charge in [0.25, 0.3) is 0 Å². The molecule has 4 saturated heterocycles. The third-order valence-electron chi connectivity index (χ3n) is 9.46. The van der Waals surface area contributed by atoms with Crippen LogP contribution >= 0.6 is 11.6 Å². The third-order valence-corrected chi connectivity index (χ3v) is 9.97. The summed E-state index contributed by atoms with van der Waals surface area (Å²) < 4.78 is 41.7. The van der Waals surface area contributed by atoms with Gasteiger partial charge in [-0.2, -0.15) is 0 Å². The zero-order valence-corrected chi connectivity index (χ0v) is 24.9. The molecule has 232 valence electrons. The molecule has 1 aliphatic carbocycles. The van der Waals surface area contributed by atoms with E-state index in [9.17, 15) is 29.1 Å². The maximum atomic E-state index is 13.2. The van der Waals surface area contributed by atoms with E-state index in [4.69, 9.17) is 44.8 Å². The fourth-order valence-electron chi connectivity index (χ4n) is 7.87. The van der Waals surface area contributed by atoms with Gasteiger partial charge in [-0.15, -0.1) is 11.6 Å². The summed E-state index contributed by atoms with van der Waals surface area (Å²) in [5.74, 6) is -5.81. The van der Waals surface area contributed by atoms with Crippen molar-refractivity contribution in [3.63, 3.8) is 0 Å². The van der Waals surface area contributed by atoms with Crippen LogP contribution in [0.4, 0.5) is 0 Å². The third kappa shape index (κ3) is 4.34. The van der Waals surface area contributed by atoms with Gasteiger partial charge < -0.3 is 38.3 Å². The molecule has 13 nitrogen and oxygen atoms in total. The fraction of sp³-hybridized carbons (Fsp3) is 0.750. The van der Waals surface area contributed by atoms with Gasteiger partial charge in [0.2, 0.25) is 0 Å². The molecule has 4 aliphatic heterocycles. The van der Waals surface area contributed by atoms with Gasteiger partial charge in [-0.25, -0.2) is 0 Å². The Bertz CT molecular complexity index is 1230. The molecule has 2 spiro atoms. The Balaban J connectivity index is 1.85. The summed E-state index contributed by atoms with van der Waals surface area (Å²) in [7, 11) is 0. The van der Waals surface area contributed by atoms with Gasteiger partial charge in [-0.3, -0.25) is 24.0 Å². The summed E-state index contributed by atoms with van der Waals surface area (Å²) in [5.41, 5.74) is -4.55. The van der Waals surface area contributed by atoms with E-state index in [2.05, 4.69) is 6.58 Å². The number of aliphatic hydroxyl groups is 1. The van der Waals surface area contributed by atoms with Crippen LogP contribution in [0.1, 0.15) is 48.0 Å². The largest absolute Gasteiger partial charge is 0.459 e. The Morgan fingerprint density at radius 3 is 2.00 bits per heavy atom. The second-order valence-corrected chi connectivity index (χ2v) is 12.5. The lowest BCUT2D eigenvalue weighted by atomic mass is 9.50. The zero-order valence-electron chi connectivity index (χ0n) is 24.1. The first-order valence-corrected chi connectivity index (χ1v) is 14.2. The predicted molar refractivity (Wildman–Crippen MR) is 139 cm³/mol. The first-order valence-electron chi connectivity index (χ1n) is 13.7. The van der Waals surface area contributed by atoms with Crippen molar-refractivity contribution in [2.45, 2.75) is 107 Å². The van der Waals surface area contributed by atoms with Crippen molar-refractivity contribution < 1.29 is 62.2 Å². The van der Waals surface area contributed by atoms with Crippen LogP contribution in [0.3, 0.4) is 0 Å². The number of rotatable bonds is 4. The standard InChI is InChI=1S/C28H35ClO13/c1-10-17(29)22-28(11(2)25(35)41-22)24(40-15(6)33)20-26(7,23(39-14(5)32)18(34)19(10)42-28)21(38-13(4)31)16(37-12(3)30)8-27(20)9-36-27/h11,16-24,34H,1,8-9H2,2-7H3. The van der Waals surface area contributed by atoms with Crippen molar-refractivity contribution in [2.75, 3.05) is 6.61 Å². The van der Waals surface area contributed by atoms with E-state index in [1.54, 1.807) is 6.92 Å². The number of carbonyl (C=O) groups excluding carboxylic acids is 5. The molecule has 0 amide bonds. The van der Waals surface area contributed by atoms with Crippen molar-refractivity contribution in [1.82, 2.24) is 0 Å². The monoisotopic (exact) mass is 614 g/mol. The minimum absolute atomic E-state index is 0.0180. The minimum Gasteiger partial charge on any atom is -0.459 e. The van der Waals surface area contributed by atoms with Crippen molar-refractivity contribution in [2.24, 2.45) is 17.3 Å². The molecule has 13 unspecified atom stereocenters. The number of carbonyl (C=O) groups is 5. The van der Waals surface area contributed by atoms with Gasteiger partial charge in [0.1, 0.15) is 42.2 Å². The van der Waals surface area contributed by atoms with Crippen LogP contribution in [-0.4, -0.2) is 101 Å². The van der Waals surface area contributed by atoms with Crippen molar-refractivity contribution in [3.05, 3.63) is 12.2 Å². The van der Waals surface area contributed by atoms with Crippen molar-refractivity contribution >= 4 is 41.4 Å². The molecule has 14 heteroatoms. The summed E-state index contributed by atoms with van der Waals surface area (Å²) in [4.78, 5) is 63.4. The number of esters is 5. The van der Waals surface area contributed by atoms with Gasteiger partial charge in [-0.1, -0.05) is 13.5 Å². The normalized spacial score (nSPS) is 47.1. The molecule has 5 aliphatic rings. The molecule has 5 fully saturated rings. The van der Waals surface area contributed by atoms with Gasteiger partial charge in [0, 0.05) is 40.0 Å². The lowest BCUT2D eigenvalue weighted by Gasteiger charge is -2.62. The second-order valence-electron chi connectivity index (χ2n) is 12.1. The summed E-state index contributed by atoms with van der Waals surface area (Å²) in [6, 6.07) is 0. The molecule has 42 heavy (non-hydrogen) atoms.